The van der Waals surface area contributed by atoms with Crippen molar-refractivity contribution in [1.29, 1.82) is 0 Å². The van der Waals surface area contributed by atoms with Crippen molar-refractivity contribution in [3.8, 4) is 11.1 Å². The summed E-state index contributed by atoms with van der Waals surface area (Å²) in [5, 5.41) is 22.2. The zero-order chi connectivity index (χ0) is 32.1. The van der Waals surface area contributed by atoms with Crippen LogP contribution in [0, 0.1) is 0 Å². The molecule has 4 aromatic rings. The lowest BCUT2D eigenvalue weighted by Crippen LogP contribution is -2.48. The Morgan fingerprint density at radius 3 is 1.98 bits per heavy atom. The zero-order valence-corrected chi connectivity index (χ0v) is 24.2. The normalized spacial score (nSPS) is 11.5. The summed E-state index contributed by atoms with van der Waals surface area (Å²) in [4.78, 5) is 49.8. The van der Waals surface area contributed by atoms with E-state index in [2.05, 4.69) is 21.2 Å². The summed E-state index contributed by atoms with van der Waals surface area (Å²) in [5.41, 5.74) is -1.57. The fourth-order valence-corrected chi connectivity index (χ4v) is 4.93. The van der Waals surface area contributed by atoms with Crippen molar-refractivity contribution in [1.82, 2.24) is 0 Å². The molecular formula is C32H23BrF3NO7. The summed E-state index contributed by atoms with van der Waals surface area (Å²) in [5.74, 6) is -4.78. The van der Waals surface area contributed by atoms with Gasteiger partial charge in [-0.15, -0.1) is 0 Å². The van der Waals surface area contributed by atoms with Crippen molar-refractivity contribution in [3.05, 3.63) is 124 Å². The number of carboxylic acid groups (broad SMARTS) is 2. The van der Waals surface area contributed by atoms with E-state index in [1.54, 1.807) is 24.3 Å². The van der Waals surface area contributed by atoms with E-state index in [0.29, 0.717) is 26.9 Å². The number of carboxylic acids is 2. The number of aliphatic carboxylic acids is 2. The van der Waals surface area contributed by atoms with E-state index in [4.69, 9.17) is 4.74 Å². The first-order valence-corrected chi connectivity index (χ1v) is 13.7. The number of alkyl halides is 3. The fraction of sp³-hybridized carbons (Fsp3) is 0.125. The Morgan fingerprint density at radius 1 is 0.773 bits per heavy atom. The van der Waals surface area contributed by atoms with Gasteiger partial charge in [-0.1, -0.05) is 66.7 Å². The van der Waals surface area contributed by atoms with Gasteiger partial charge in [0.25, 0.3) is 5.91 Å². The molecule has 4 aromatic carbocycles. The summed E-state index contributed by atoms with van der Waals surface area (Å²) < 4.78 is 44.4. The number of hydrogen-bond donors (Lipinski definition) is 3. The second-order valence-electron chi connectivity index (χ2n) is 9.61. The molecule has 0 saturated carbocycles. The largest absolute Gasteiger partial charge is 0.480 e. The van der Waals surface area contributed by atoms with Gasteiger partial charge in [-0.3, -0.25) is 19.2 Å². The summed E-state index contributed by atoms with van der Waals surface area (Å²) in [6.45, 7) is -0.936. The minimum absolute atomic E-state index is 0.0597. The highest BCUT2D eigenvalue weighted by Crippen LogP contribution is 2.33. The highest BCUT2D eigenvalue weighted by atomic mass is 79.9. The topological polar surface area (TPSA) is 130 Å². The second kappa shape index (κ2) is 13.1. The molecule has 0 bridgehead atoms. The van der Waals surface area contributed by atoms with E-state index in [-0.39, 0.29) is 17.5 Å². The molecule has 0 aliphatic carbocycles. The number of anilines is 1. The molecule has 44 heavy (non-hydrogen) atoms. The molecule has 8 nitrogen and oxygen atoms in total. The summed E-state index contributed by atoms with van der Waals surface area (Å²) in [6.07, 6.45) is -4.82. The van der Waals surface area contributed by atoms with E-state index < -0.39 is 47.6 Å². The number of esters is 1. The van der Waals surface area contributed by atoms with Crippen LogP contribution in [0.15, 0.2) is 102 Å². The third-order valence-electron chi connectivity index (χ3n) is 6.77. The molecule has 0 spiro atoms. The third-order valence-corrected chi connectivity index (χ3v) is 7.43. The first-order chi connectivity index (χ1) is 20.8. The summed E-state index contributed by atoms with van der Waals surface area (Å²) in [7, 11) is 0. The van der Waals surface area contributed by atoms with Gasteiger partial charge in [0, 0.05) is 10.0 Å². The van der Waals surface area contributed by atoms with E-state index in [0.717, 1.165) is 12.1 Å². The molecule has 0 atom stereocenters. The van der Waals surface area contributed by atoms with Crippen molar-refractivity contribution >= 4 is 45.4 Å². The van der Waals surface area contributed by atoms with E-state index in [1.807, 2.05) is 0 Å². The number of rotatable bonds is 10. The van der Waals surface area contributed by atoms with Gasteiger partial charge < -0.3 is 20.3 Å². The summed E-state index contributed by atoms with van der Waals surface area (Å²) >= 11 is 3.34. The fourth-order valence-electron chi connectivity index (χ4n) is 4.41. The minimum atomic E-state index is -4.49. The van der Waals surface area contributed by atoms with Crippen LogP contribution in [0.3, 0.4) is 0 Å². The van der Waals surface area contributed by atoms with Gasteiger partial charge in [0.05, 0.1) is 17.7 Å². The van der Waals surface area contributed by atoms with E-state index >= 15 is 0 Å². The Bertz CT molecular complexity index is 1690. The predicted octanol–water partition coefficient (Wildman–Crippen LogP) is 6.58. The van der Waals surface area contributed by atoms with Gasteiger partial charge in [0.2, 0.25) is 5.41 Å². The molecule has 0 heterocycles. The number of nitrogens with one attached hydrogen (secondary N) is 1. The molecule has 0 radical (unpaired) electrons. The molecule has 0 saturated heterocycles. The van der Waals surface area contributed by atoms with Crippen LogP contribution < -0.4 is 5.32 Å². The molecule has 0 aromatic heterocycles. The van der Waals surface area contributed by atoms with Gasteiger partial charge in [-0.2, -0.15) is 13.2 Å². The monoisotopic (exact) mass is 669 g/mol. The van der Waals surface area contributed by atoms with Gasteiger partial charge in [0.1, 0.15) is 6.61 Å². The Kier molecular flexibility index (Phi) is 9.53. The highest BCUT2D eigenvalue weighted by molar-refractivity contribution is 9.10. The maximum Gasteiger partial charge on any atom is 0.416 e. The van der Waals surface area contributed by atoms with Crippen molar-refractivity contribution in [2.45, 2.75) is 18.0 Å². The van der Waals surface area contributed by atoms with Crippen LogP contribution in [0.1, 0.15) is 27.0 Å². The average Bonchev–Trinajstić information content (AvgIpc) is 2.98. The van der Waals surface area contributed by atoms with Crippen LogP contribution in [-0.4, -0.2) is 40.6 Å². The lowest BCUT2D eigenvalue weighted by molar-refractivity contribution is -0.164. The van der Waals surface area contributed by atoms with Crippen molar-refractivity contribution in [3.63, 3.8) is 0 Å². The van der Waals surface area contributed by atoms with Crippen molar-refractivity contribution < 1.29 is 47.3 Å². The lowest BCUT2D eigenvalue weighted by Gasteiger charge is -2.25. The maximum atomic E-state index is 13.2. The summed E-state index contributed by atoms with van der Waals surface area (Å²) in [6, 6.07) is 22.6. The number of ether oxygens (including phenoxy) is 1. The quantitative estimate of drug-likeness (QED) is 0.128. The number of halogens is 4. The first-order valence-electron chi connectivity index (χ1n) is 12.9. The Hall–Kier alpha value is -4.97. The SMILES string of the molecule is O=C(Cc1ccc(NC(=O)c2ccccc2-c2ccc(C(F)(F)F)cc2)c(Br)c1)OCC(C(=O)O)(C(=O)O)c1ccccc1. The van der Waals surface area contributed by atoms with E-state index in [1.165, 1.54) is 60.7 Å². The highest BCUT2D eigenvalue weighted by Gasteiger charge is 2.50. The van der Waals surface area contributed by atoms with Gasteiger partial charge in [-0.05, 0) is 68.5 Å². The van der Waals surface area contributed by atoms with Crippen molar-refractivity contribution in [2.24, 2.45) is 0 Å². The molecule has 3 N–H and O–H groups in total. The number of carbonyl (C=O) groups is 4. The van der Waals surface area contributed by atoms with E-state index in [9.17, 15) is 42.6 Å². The van der Waals surface area contributed by atoms with Gasteiger partial charge >= 0.3 is 24.1 Å². The minimum Gasteiger partial charge on any atom is -0.480 e. The molecule has 1 amide bonds. The third kappa shape index (κ3) is 6.97. The zero-order valence-electron chi connectivity index (χ0n) is 22.6. The van der Waals surface area contributed by atoms with Crippen LogP contribution in [0.5, 0.6) is 0 Å². The molecule has 12 heteroatoms. The van der Waals surface area contributed by atoms with Crippen LogP contribution in [-0.2, 0) is 37.1 Å². The van der Waals surface area contributed by atoms with Gasteiger partial charge in [-0.25, -0.2) is 0 Å². The second-order valence-corrected chi connectivity index (χ2v) is 10.5. The molecule has 0 aliphatic rings. The number of benzene rings is 4. The van der Waals surface area contributed by atoms with Crippen LogP contribution in [0.25, 0.3) is 11.1 Å². The maximum absolute atomic E-state index is 13.2. The van der Waals surface area contributed by atoms with Crippen molar-refractivity contribution in [2.75, 3.05) is 11.9 Å². The molecule has 0 unspecified atom stereocenters. The molecular weight excluding hydrogens is 647 g/mol. The number of amides is 1. The Morgan fingerprint density at radius 2 is 1.39 bits per heavy atom. The molecule has 226 valence electrons. The Labute approximate surface area is 257 Å². The molecule has 4 rings (SSSR count). The van der Waals surface area contributed by atoms with Gasteiger partial charge in [0.15, 0.2) is 0 Å². The predicted molar refractivity (Wildman–Crippen MR) is 157 cm³/mol. The number of carbonyl (C=O) groups excluding carboxylic acids is 2. The standard InChI is InChI=1S/C32H23BrF3NO7/c33-25-16-19(17-27(38)44-18-31(29(40)41,30(42)43)21-6-2-1-3-7-21)10-15-26(25)37-28(39)24-9-5-4-8-23(24)20-11-13-22(14-12-20)32(34,35)36/h1-16H,17-18H2,(H,37,39)(H,40,41)(H,42,43). The average molecular weight is 670 g/mol. The van der Waals surface area contributed by atoms with Crippen LogP contribution in [0.2, 0.25) is 0 Å². The molecule has 0 fully saturated rings. The first kappa shape index (κ1) is 32.0. The van der Waals surface area contributed by atoms with Crippen LogP contribution >= 0.6 is 15.9 Å². The smallest absolute Gasteiger partial charge is 0.416 e. The van der Waals surface area contributed by atoms with Crippen LogP contribution in [0.4, 0.5) is 18.9 Å². The molecule has 0 aliphatic heterocycles. The Balaban J connectivity index is 1.46. The lowest BCUT2D eigenvalue weighted by atomic mass is 9.81. The number of hydrogen-bond acceptors (Lipinski definition) is 5.